The number of halogens is 2. The van der Waals surface area contributed by atoms with E-state index in [0.29, 0.717) is 6.54 Å². The van der Waals surface area contributed by atoms with Gasteiger partial charge in [-0.3, -0.25) is 4.90 Å². The van der Waals surface area contributed by atoms with Crippen molar-refractivity contribution in [1.82, 2.24) is 4.90 Å². The maximum atomic E-state index is 13.6. The van der Waals surface area contributed by atoms with Crippen molar-refractivity contribution in [3.05, 3.63) is 35.9 Å². The largest absolute Gasteiger partial charge is 0.805 e. The lowest BCUT2D eigenvalue weighted by Crippen LogP contribution is -2.61. The lowest BCUT2D eigenvalue weighted by Gasteiger charge is -2.49. The fraction of sp³-hybridized carbons (Fsp3) is 0.571. The van der Waals surface area contributed by atoms with Crippen LogP contribution in [0.2, 0.25) is 0 Å². The Morgan fingerprint density at radius 2 is 2.10 bits per heavy atom. The van der Waals surface area contributed by atoms with Gasteiger partial charge in [-0.15, -0.1) is 0 Å². The Balaban J connectivity index is 1.77. The average Bonchev–Trinajstić information content (AvgIpc) is 2.40. The van der Waals surface area contributed by atoms with Crippen LogP contribution in [0.25, 0.3) is 0 Å². The number of aliphatic hydroxyl groups is 1. The van der Waals surface area contributed by atoms with E-state index in [-0.39, 0.29) is 12.0 Å². The second-order valence-corrected chi connectivity index (χ2v) is 5.74. The molecule has 2 saturated heterocycles. The van der Waals surface area contributed by atoms with E-state index in [4.69, 9.17) is 4.65 Å². The fourth-order valence-electron chi connectivity index (χ4n) is 3.31. The van der Waals surface area contributed by atoms with Gasteiger partial charge in [-0.2, -0.15) is 0 Å². The first-order valence-electron chi connectivity index (χ1n) is 7.23. The summed E-state index contributed by atoms with van der Waals surface area (Å²) in [6.45, 7) is 3.23. The molecule has 1 aromatic rings. The van der Waals surface area contributed by atoms with E-state index in [0.717, 1.165) is 24.9 Å². The van der Waals surface area contributed by atoms with Crippen molar-refractivity contribution in [1.29, 1.82) is 0 Å². The van der Waals surface area contributed by atoms with Crippen LogP contribution in [0.4, 0.5) is 8.63 Å². The van der Waals surface area contributed by atoms with Gasteiger partial charge in [0, 0.05) is 20.0 Å². The minimum Gasteiger partial charge on any atom is -0.594 e. The predicted octanol–water partition coefficient (Wildman–Crippen LogP) is 2.55. The SMILES string of the molecule is CC1[OH+][B-](F)(F)OC2C1CCCN2Cc1ccccc1. The van der Waals surface area contributed by atoms with Gasteiger partial charge >= 0.3 is 7.11 Å². The van der Waals surface area contributed by atoms with Crippen molar-refractivity contribution in [3.63, 3.8) is 0 Å². The van der Waals surface area contributed by atoms with Crippen LogP contribution in [0, 0.1) is 5.92 Å². The van der Waals surface area contributed by atoms with E-state index in [2.05, 4.69) is 4.65 Å². The van der Waals surface area contributed by atoms with Gasteiger partial charge < -0.3 is 17.9 Å². The molecule has 3 nitrogen and oxygen atoms in total. The minimum atomic E-state index is -4.02. The maximum Gasteiger partial charge on any atom is 0.805 e. The Kier molecular flexibility index (Phi) is 3.79. The van der Waals surface area contributed by atoms with E-state index in [9.17, 15) is 8.63 Å². The highest BCUT2D eigenvalue weighted by Crippen LogP contribution is 2.36. The molecule has 20 heavy (non-hydrogen) atoms. The van der Waals surface area contributed by atoms with Crippen LogP contribution in [0.5, 0.6) is 0 Å². The van der Waals surface area contributed by atoms with Crippen LogP contribution in [-0.2, 0) is 11.2 Å². The molecule has 0 spiro atoms. The highest BCUT2D eigenvalue weighted by atomic mass is 19.3. The van der Waals surface area contributed by atoms with Crippen LogP contribution >= 0.6 is 0 Å². The van der Waals surface area contributed by atoms with Crippen LogP contribution < -0.4 is 0 Å². The first-order valence-corrected chi connectivity index (χ1v) is 7.23. The third kappa shape index (κ3) is 2.87. The summed E-state index contributed by atoms with van der Waals surface area (Å²) in [5, 5.41) is 0. The summed E-state index contributed by atoms with van der Waals surface area (Å²) in [5.41, 5.74) is 1.13. The molecule has 2 fully saturated rings. The smallest absolute Gasteiger partial charge is 0.594 e. The predicted molar refractivity (Wildman–Crippen MR) is 74.1 cm³/mol. The molecule has 0 radical (unpaired) electrons. The zero-order valence-corrected chi connectivity index (χ0v) is 11.6. The number of hydrogen-bond acceptors (Lipinski definition) is 2. The lowest BCUT2D eigenvalue weighted by molar-refractivity contribution is -0.216. The highest BCUT2D eigenvalue weighted by Gasteiger charge is 2.54. The number of nitrogens with zero attached hydrogens (tertiary/aromatic N) is 1. The molecule has 2 heterocycles. The number of rotatable bonds is 2. The van der Waals surface area contributed by atoms with Gasteiger partial charge in [-0.05, 0) is 18.4 Å². The Bertz CT molecular complexity index is 460. The Morgan fingerprint density at radius 3 is 2.85 bits per heavy atom. The second-order valence-electron chi connectivity index (χ2n) is 5.74. The molecule has 3 unspecified atom stereocenters. The van der Waals surface area contributed by atoms with Gasteiger partial charge in [-0.25, -0.2) is 0 Å². The third-order valence-corrected chi connectivity index (χ3v) is 4.27. The van der Waals surface area contributed by atoms with Gasteiger partial charge in [0.15, 0.2) is 0 Å². The Hall–Kier alpha value is -0.975. The molecule has 3 rings (SSSR count). The molecule has 0 saturated carbocycles. The Morgan fingerprint density at radius 1 is 1.35 bits per heavy atom. The molecular formula is C14H20BF2NO2. The average molecular weight is 283 g/mol. The first-order chi connectivity index (χ1) is 9.55. The summed E-state index contributed by atoms with van der Waals surface area (Å²) in [5.74, 6) is 0.0777. The third-order valence-electron chi connectivity index (χ3n) is 4.27. The lowest BCUT2D eigenvalue weighted by atomic mass is 9.87. The molecule has 0 amide bonds. The highest BCUT2D eigenvalue weighted by molar-refractivity contribution is 6.51. The number of likely N-dealkylation sites (tertiary alicyclic amines) is 1. The maximum absolute atomic E-state index is 13.6. The van der Waals surface area contributed by atoms with Gasteiger partial charge in [0.2, 0.25) is 0 Å². The summed E-state index contributed by atoms with van der Waals surface area (Å²) in [7, 11) is -4.02. The molecule has 1 aromatic carbocycles. The number of hydrogen-bond donors (Lipinski definition) is 0. The van der Waals surface area contributed by atoms with Crippen LogP contribution in [-0.4, -0.2) is 35.5 Å². The first kappa shape index (κ1) is 14.0. The molecule has 2 aliphatic rings. The minimum absolute atomic E-state index is 0.0777. The van der Waals surface area contributed by atoms with Crippen LogP contribution in [0.15, 0.2) is 30.3 Å². The van der Waals surface area contributed by atoms with E-state index >= 15 is 0 Å². The molecule has 1 N–H and O–H groups in total. The molecule has 0 aliphatic carbocycles. The van der Waals surface area contributed by atoms with Crippen LogP contribution in [0.1, 0.15) is 25.3 Å². The monoisotopic (exact) mass is 283 g/mol. The van der Waals surface area contributed by atoms with E-state index < -0.39 is 13.3 Å². The fourth-order valence-corrected chi connectivity index (χ4v) is 3.31. The van der Waals surface area contributed by atoms with Crippen LogP contribution in [0.3, 0.4) is 0 Å². The van der Waals surface area contributed by atoms with Crippen molar-refractivity contribution in [2.24, 2.45) is 5.92 Å². The number of piperidine rings is 1. The molecule has 2 aliphatic heterocycles. The number of fused-ring (bicyclic) bond motifs is 1. The van der Waals surface area contributed by atoms with Crippen molar-refractivity contribution >= 4 is 7.11 Å². The Labute approximate surface area is 117 Å². The second kappa shape index (κ2) is 5.43. The van der Waals surface area contributed by atoms with Crippen molar-refractivity contribution in [2.45, 2.75) is 38.6 Å². The molecule has 110 valence electrons. The van der Waals surface area contributed by atoms with Gasteiger partial charge in [-0.1, -0.05) is 30.3 Å². The topological polar surface area (TPSA) is 25.3 Å². The zero-order valence-electron chi connectivity index (χ0n) is 11.6. The van der Waals surface area contributed by atoms with Gasteiger partial charge in [0.25, 0.3) is 0 Å². The van der Waals surface area contributed by atoms with Crippen molar-refractivity contribution in [3.8, 4) is 0 Å². The zero-order chi connectivity index (χ0) is 14.2. The summed E-state index contributed by atoms with van der Waals surface area (Å²) in [6, 6.07) is 9.93. The van der Waals surface area contributed by atoms with Gasteiger partial charge in [0.1, 0.15) is 6.10 Å². The van der Waals surface area contributed by atoms with Gasteiger partial charge in [0.05, 0.1) is 12.1 Å². The standard InChI is InChI=1S/C14H20BF2NO2/c1-11-13-8-5-9-18(10-12-6-3-2-4-7-12)14(13)20-15(16,17)19-11/h2-4,6-7,11,13-14,19H,5,8-10H2,1H3. The summed E-state index contributed by atoms with van der Waals surface area (Å²) >= 11 is 0. The summed E-state index contributed by atoms with van der Waals surface area (Å²) in [4.78, 5) is 2.03. The molecule has 3 atom stereocenters. The van der Waals surface area contributed by atoms with Crippen molar-refractivity contribution < 1.29 is 17.9 Å². The quantitative estimate of drug-likeness (QED) is 0.615. The normalized spacial score (nSPS) is 33.6. The molecule has 0 bridgehead atoms. The number of benzene rings is 1. The molecular weight excluding hydrogens is 263 g/mol. The van der Waals surface area contributed by atoms with E-state index in [1.807, 2.05) is 35.2 Å². The van der Waals surface area contributed by atoms with E-state index in [1.165, 1.54) is 0 Å². The summed E-state index contributed by atoms with van der Waals surface area (Å²) in [6.07, 6.45) is 1.08. The molecule has 6 heteroatoms. The van der Waals surface area contributed by atoms with Crippen molar-refractivity contribution in [2.75, 3.05) is 6.54 Å². The summed E-state index contributed by atoms with van der Waals surface area (Å²) < 4.78 is 35.7. The van der Waals surface area contributed by atoms with E-state index in [1.54, 1.807) is 6.92 Å². The molecule has 0 aromatic heterocycles.